The van der Waals surface area contributed by atoms with Gasteiger partial charge in [0.05, 0.1) is 6.54 Å². The smallest absolute Gasteiger partial charge is 0.255 e. The van der Waals surface area contributed by atoms with Crippen LogP contribution in [0.5, 0.6) is 0 Å². The molecule has 0 saturated heterocycles. The van der Waals surface area contributed by atoms with Crippen LogP contribution in [0.15, 0.2) is 0 Å². The highest BCUT2D eigenvalue weighted by atomic mass is 19.3. The molecule has 0 saturated carbocycles. The minimum absolute atomic E-state index is 0.174. The molecule has 1 N–H and O–H groups in total. The molecule has 0 aliphatic carbocycles. The van der Waals surface area contributed by atoms with Gasteiger partial charge in [-0.05, 0) is 0 Å². The van der Waals surface area contributed by atoms with E-state index in [0.717, 1.165) is 0 Å². The first kappa shape index (κ1) is 9.29. The van der Waals surface area contributed by atoms with Crippen molar-refractivity contribution >= 4 is 5.91 Å². The molecule has 0 fully saturated rings. The van der Waals surface area contributed by atoms with E-state index in [-0.39, 0.29) is 6.61 Å². The van der Waals surface area contributed by atoms with Gasteiger partial charge in [-0.15, -0.1) is 0 Å². The van der Waals surface area contributed by atoms with E-state index in [1.807, 2.05) is 5.32 Å². The van der Waals surface area contributed by atoms with Crippen molar-refractivity contribution in [2.24, 2.45) is 0 Å². The second kappa shape index (κ2) is 5.10. The third-order valence-electron chi connectivity index (χ3n) is 0.729. The second-order valence-corrected chi connectivity index (χ2v) is 1.63. The molecule has 0 aromatic carbocycles. The van der Waals surface area contributed by atoms with Crippen molar-refractivity contribution in [3.8, 4) is 0 Å². The van der Waals surface area contributed by atoms with E-state index < -0.39 is 18.9 Å². The number of carbonyl (C=O) groups excluding carboxylic acids is 1. The Bertz CT molecular complexity index is 108. The monoisotopic (exact) mass is 153 g/mol. The SMILES string of the molecule is COCC(=O)NCC(F)F. The lowest BCUT2D eigenvalue weighted by atomic mass is 10.6. The van der Waals surface area contributed by atoms with Crippen LogP contribution < -0.4 is 5.32 Å². The highest BCUT2D eigenvalue weighted by Gasteiger charge is 2.04. The Morgan fingerprint density at radius 2 is 2.30 bits per heavy atom. The summed E-state index contributed by atoms with van der Waals surface area (Å²) in [7, 11) is 1.32. The van der Waals surface area contributed by atoms with E-state index in [4.69, 9.17) is 0 Å². The van der Waals surface area contributed by atoms with Gasteiger partial charge in [0, 0.05) is 7.11 Å². The molecular weight excluding hydrogens is 144 g/mol. The van der Waals surface area contributed by atoms with Crippen molar-refractivity contribution in [2.75, 3.05) is 20.3 Å². The van der Waals surface area contributed by atoms with Crippen LogP contribution in [-0.4, -0.2) is 32.6 Å². The first-order chi connectivity index (χ1) is 4.66. The zero-order valence-electron chi connectivity index (χ0n) is 5.56. The lowest BCUT2D eigenvalue weighted by Crippen LogP contribution is -2.31. The van der Waals surface area contributed by atoms with Crippen LogP contribution in [-0.2, 0) is 9.53 Å². The molecule has 0 rings (SSSR count). The van der Waals surface area contributed by atoms with Crippen LogP contribution in [0.3, 0.4) is 0 Å². The Morgan fingerprint density at radius 3 is 2.70 bits per heavy atom. The summed E-state index contributed by atoms with van der Waals surface area (Å²) in [5, 5.41) is 1.97. The normalized spacial score (nSPS) is 10.0. The van der Waals surface area contributed by atoms with Crippen LogP contribution in [0.2, 0.25) is 0 Å². The van der Waals surface area contributed by atoms with Crippen LogP contribution in [0.4, 0.5) is 8.78 Å². The van der Waals surface area contributed by atoms with E-state index >= 15 is 0 Å². The number of alkyl halides is 2. The number of hydrogen-bond donors (Lipinski definition) is 1. The molecule has 10 heavy (non-hydrogen) atoms. The molecule has 0 heterocycles. The number of ether oxygens (including phenoxy) is 1. The zero-order chi connectivity index (χ0) is 7.98. The molecule has 3 nitrogen and oxygen atoms in total. The average Bonchev–Trinajstić information content (AvgIpc) is 1.85. The van der Waals surface area contributed by atoms with Crippen LogP contribution in [0.25, 0.3) is 0 Å². The Balaban J connectivity index is 3.22. The van der Waals surface area contributed by atoms with E-state index in [1.54, 1.807) is 0 Å². The van der Waals surface area contributed by atoms with Crippen molar-refractivity contribution < 1.29 is 18.3 Å². The molecule has 5 heteroatoms. The summed E-state index contributed by atoms with van der Waals surface area (Å²) in [4.78, 5) is 10.4. The van der Waals surface area contributed by atoms with Crippen molar-refractivity contribution in [3.63, 3.8) is 0 Å². The summed E-state index contributed by atoms with van der Waals surface area (Å²) in [6.45, 7) is -0.783. The molecule has 0 bridgehead atoms. The number of halogens is 2. The fourth-order valence-electron chi connectivity index (χ4n) is 0.373. The van der Waals surface area contributed by atoms with E-state index in [0.29, 0.717) is 0 Å². The van der Waals surface area contributed by atoms with Gasteiger partial charge in [-0.3, -0.25) is 4.79 Å². The fraction of sp³-hybridized carbons (Fsp3) is 0.800. The Hall–Kier alpha value is -0.710. The number of methoxy groups -OCH3 is 1. The first-order valence-electron chi connectivity index (χ1n) is 2.70. The molecule has 0 unspecified atom stereocenters. The largest absolute Gasteiger partial charge is 0.375 e. The lowest BCUT2D eigenvalue weighted by Gasteiger charge is -2.01. The molecule has 0 radical (unpaired) electrons. The minimum Gasteiger partial charge on any atom is -0.375 e. The maximum Gasteiger partial charge on any atom is 0.255 e. The second-order valence-electron chi connectivity index (χ2n) is 1.63. The highest BCUT2D eigenvalue weighted by Crippen LogP contribution is 1.86. The van der Waals surface area contributed by atoms with Gasteiger partial charge in [0.1, 0.15) is 6.61 Å². The van der Waals surface area contributed by atoms with Crippen LogP contribution >= 0.6 is 0 Å². The summed E-state index contributed by atoms with van der Waals surface area (Å²) >= 11 is 0. The Kier molecular flexibility index (Phi) is 4.74. The number of hydrogen-bond acceptors (Lipinski definition) is 2. The topological polar surface area (TPSA) is 38.3 Å². The molecule has 60 valence electrons. The Morgan fingerprint density at radius 1 is 1.70 bits per heavy atom. The molecule has 0 aromatic heterocycles. The third-order valence-corrected chi connectivity index (χ3v) is 0.729. The van der Waals surface area contributed by atoms with Gasteiger partial charge in [0.15, 0.2) is 0 Å². The summed E-state index contributed by atoms with van der Waals surface area (Å²) in [5.41, 5.74) is 0. The van der Waals surface area contributed by atoms with Gasteiger partial charge in [-0.25, -0.2) is 8.78 Å². The molecule has 0 aromatic rings. The molecular formula is C5H9F2NO2. The molecule has 0 spiro atoms. The average molecular weight is 153 g/mol. The van der Waals surface area contributed by atoms with Gasteiger partial charge in [0.2, 0.25) is 5.91 Å². The summed E-state index contributed by atoms with van der Waals surface area (Å²) in [5.74, 6) is -0.525. The standard InChI is InChI=1S/C5H9F2NO2/c1-10-3-5(9)8-2-4(6)7/h4H,2-3H2,1H3,(H,8,9). The van der Waals surface area contributed by atoms with Crippen molar-refractivity contribution in [1.82, 2.24) is 5.32 Å². The maximum atomic E-state index is 11.4. The van der Waals surface area contributed by atoms with Gasteiger partial charge in [-0.1, -0.05) is 0 Å². The zero-order valence-corrected chi connectivity index (χ0v) is 5.56. The Labute approximate surface area is 57.4 Å². The van der Waals surface area contributed by atoms with E-state index in [1.165, 1.54) is 7.11 Å². The van der Waals surface area contributed by atoms with Crippen molar-refractivity contribution in [3.05, 3.63) is 0 Å². The number of nitrogens with one attached hydrogen (secondary N) is 1. The van der Waals surface area contributed by atoms with Gasteiger partial charge < -0.3 is 10.1 Å². The predicted molar refractivity (Wildman–Crippen MR) is 30.9 cm³/mol. The molecule has 0 aliphatic rings. The number of amides is 1. The first-order valence-corrected chi connectivity index (χ1v) is 2.70. The summed E-state index contributed by atoms with van der Waals surface area (Å²) < 4.78 is 27.1. The van der Waals surface area contributed by atoms with Gasteiger partial charge in [-0.2, -0.15) is 0 Å². The quantitative estimate of drug-likeness (QED) is 0.618. The van der Waals surface area contributed by atoms with Crippen molar-refractivity contribution in [1.29, 1.82) is 0 Å². The summed E-state index contributed by atoms with van der Waals surface area (Å²) in [6, 6.07) is 0. The predicted octanol–water partition coefficient (Wildman–Crippen LogP) is 0.0141. The number of carbonyl (C=O) groups is 1. The maximum absolute atomic E-state index is 11.4. The fourth-order valence-corrected chi connectivity index (χ4v) is 0.373. The van der Waals surface area contributed by atoms with Gasteiger partial charge in [0.25, 0.3) is 6.43 Å². The number of rotatable bonds is 4. The third kappa shape index (κ3) is 5.43. The highest BCUT2D eigenvalue weighted by molar-refractivity contribution is 5.77. The van der Waals surface area contributed by atoms with Gasteiger partial charge >= 0.3 is 0 Å². The van der Waals surface area contributed by atoms with Crippen molar-refractivity contribution in [2.45, 2.75) is 6.43 Å². The lowest BCUT2D eigenvalue weighted by molar-refractivity contribution is -0.125. The van der Waals surface area contributed by atoms with E-state index in [9.17, 15) is 13.6 Å². The van der Waals surface area contributed by atoms with Crippen LogP contribution in [0, 0.1) is 0 Å². The van der Waals surface area contributed by atoms with Crippen LogP contribution in [0.1, 0.15) is 0 Å². The van der Waals surface area contributed by atoms with E-state index in [2.05, 4.69) is 4.74 Å². The molecule has 0 atom stereocenters. The molecule has 0 aliphatic heterocycles. The molecule has 1 amide bonds. The minimum atomic E-state index is -2.50. The summed E-state index contributed by atoms with van der Waals surface area (Å²) in [6.07, 6.45) is -2.50.